The molecule has 7 nitrogen and oxygen atoms in total. The summed E-state index contributed by atoms with van der Waals surface area (Å²) < 4.78 is 38.8. The van der Waals surface area contributed by atoms with E-state index in [1.807, 2.05) is 6.92 Å². The predicted octanol–water partition coefficient (Wildman–Crippen LogP) is 3.18. The van der Waals surface area contributed by atoms with Crippen LogP contribution < -0.4 is 19.5 Å². The van der Waals surface area contributed by atoms with Gasteiger partial charge in [0.15, 0.2) is 11.5 Å². The standard InChI is InChI=1S/C20H24N2O5S/c1-3-5-14(2)21-20(23)15-6-4-7-16(12-15)22-28(24,25)17-8-9-18-19(13-17)27-11-10-26-18/h4,6-9,12-14,22H,3,5,10-11H2,1-2H3,(H,21,23). The minimum absolute atomic E-state index is 0.0514. The quantitative estimate of drug-likeness (QED) is 0.739. The number of hydrogen-bond acceptors (Lipinski definition) is 5. The Balaban J connectivity index is 1.76. The summed E-state index contributed by atoms with van der Waals surface area (Å²) in [5, 5.41) is 2.91. The molecule has 1 aliphatic rings. The lowest BCUT2D eigenvalue weighted by Gasteiger charge is -2.19. The first kappa shape index (κ1) is 20.0. The molecule has 3 rings (SSSR count). The van der Waals surface area contributed by atoms with Crippen molar-refractivity contribution in [2.45, 2.75) is 37.6 Å². The molecular formula is C20H24N2O5S. The van der Waals surface area contributed by atoms with Crippen LogP contribution in [-0.4, -0.2) is 33.6 Å². The largest absolute Gasteiger partial charge is 0.486 e. The molecule has 2 aromatic rings. The molecule has 0 aromatic heterocycles. The third-order valence-corrected chi connectivity index (χ3v) is 5.68. The average molecular weight is 404 g/mol. The molecule has 0 bridgehead atoms. The van der Waals surface area contributed by atoms with Gasteiger partial charge in [-0.05, 0) is 43.7 Å². The van der Waals surface area contributed by atoms with Gasteiger partial charge in [-0.1, -0.05) is 19.4 Å². The highest BCUT2D eigenvalue weighted by Crippen LogP contribution is 2.32. The second-order valence-corrected chi connectivity index (χ2v) is 8.34. The Morgan fingerprint density at radius 1 is 1.11 bits per heavy atom. The van der Waals surface area contributed by atoms with Gasteiger partial charge in [-0.2, -0.15) is 0 Å². The van der Waals surface area contributed by atoms with Crippen LogP contribution >= 0.6 is 0 Å². The molecule has 0 fully saturated rings. The third-order valence-electron chi connectivity index (χ3n) is 4.30. The van der Waals surface area contributed by atoms with Crippen LogP contribution in [0.15, 0.2) is 47.4 Å². The Labute approximate surface area is 165 Å². The number of anilines is 1. The van der Waals surface area contributed by atoms with Crippen molar-refractivity contribution in [3.8, 4) is 11.5 Å². The number of rotatable bonds is 7. The number of sulfonamides is 1. The SMILES string of the molecule is CCCC(C)NC(=O)c1cccc(NS(=O)(=O)c2ccc3c(c2)OCCO3)c1. The van der Waals surface area contributed by atoms with E-state index in [2.05, 4.69) is 17.0 Å². The summed E-state index contributed by atoms with van der Waals surface area (Å²) in [6, 6.07) is 10.9. The molecule has 2 aromatic carbocycles. The number of benzene rings is 2. The van der Waals surface area contributed by atoms with Crippen LogP contribution in [0.4, 0.5) is 5.69 Å². The van der Waals surface area contributed by atoms with Gasteiger partial charge < -0.3 is 14.8 Å². The molecular weight excluding hydrogens is 380 g/mol. The Hall–Kier alpha value is -2.74. The molecule has 0 saturated carbocycles. The van der Waals surface area contributed by atoms with E-state index in [0.29, 0.717) is 36.0 Å². The van der Waals surface area contributed by atoms with Crippen LogP contribution in [0.2, 0.25) is 0 Å². The van der Waals surface area contributed by atoms with E-state index in [1.54, 1.807) is 24.3 Å². The Morgan fingerprint density at radius 3 is 2.61 bits per heavy atom. The van der Waals surface area contributed by atoms with E-state index in [9.17, 15) is 13.2 Å². The minimum Gasteiger partial charge on any atom is -0.486 e. The van der Waals surface area contributed by atoms with Crippen LogP contribution in [0.25, 0.3) is 0 Å². The van der Waals surface area contributed by atoms with E-state index < -0.39 is 10.0 Å². The fourth-order valence-corrected chi connectivity index (χ4v) is 4.01. The van der Waals surface area contributed by atoms with Crippen molar-refractivity contribution in [2.24, 2.45) is 0 Å². The zero-order valence-corrected chi connectivity index (χ0v) is 16.7. The Morgan fingerprint density at radius 2 is 1.86 bits per heavy atom. The molecule has 1 atom stereocenters. The van der Waals surface area contributed by atoms with Gasteiger partial charge in [0.2, 0.25) is 0 Å². The summed E-state index contributed by atoms with van der Waals surface area (Å²) in [4.78, 5) is 12.4. The highest BCUT2D eigenvalue weighted by Gasteiger charge is 2.20. The van der Waals surface area contributed by atoms with Crippen LogP contribution in [-0.2, 0) is 10.0 Å². The minimum atomic E-state index is -3.84. The maximum Gasteiger partial charge on any atom is 0.262 e. The normalized spacial score (nSPS) is 14.2. The first-order valence-corrected chi connectivity index (χ1v) is 10.7. The maximum atomic E-state index is 12.7. The lowest BCUT2D eigenvalue weighted by atomic mass is 10.1. The lowest BCUT2D eigenvalue weighted by Crippen LogP contribution is -2.32. The van der Waals surface area contributed by atoms with Gasteiger partial charge in [-0.3, -0.25) is 9.52 Å². The highest BCUT2D eigenvalue weighted by atomic mass is 32.2. The summed E-state index contributed by atoms with van der Waals surface area (Å²) in [5.41, 5.74) is 0.705. The topological polar surface area (TPSA) is 93.7 Å². The number of ether oxygens (including phenoxy) is 2. The summed E-state index contributed by atoms with van der Waals surface area (Å²) in [6.45, 7) is 4.80. The summed E-state index contributed by atoms with van der Waals surface area (Å²) >= 11 is 0. The number of fused-ring (bicyclic) bond motifs is 1. The van der Waals surface area contributed by atoms with Crippen molar-refractivity contribution in [2.75, 3.05) is 17.9 Å². The lowest BCUT2D eigenvalue weighted by molar-refractivity contribution is 0.0938. The second-order valence-electron chi connectivity index (χ2n) is 6.65. The zero-order chi connectivity index (χ0) is 20.1. The van der Waals surface area contributed by atoms with Gasteiger partial charge in [0.05, 0.1) is 4.90 Å². The van der Waals surface area contributed by atoms with Crippen molar-refractivity contribution in [1.82, 2.24) is 5.32 Å². The molecule has 150 valence electrons. The van der Waals surface area contributed by atoms with Crippen molar-refractivity contribution < 1.29 is 22.7 Å². The highest BCUT2D eigenvalue weighted by molar-refractivity contribution is 7.92. The van der Waals surface area contributed by atoms with Gasteiger partial charge >= 0.3 is 0 Å². The fourth-order valence-electron chi connectivity index (χ4n) is 2.94. The molecule has 8 heteroatoms. The number of amides is 1. The molecule has 0 aliphatic carbocycles. The van der Waals surface area contributed by atoms with E-state index in [0.717, 1.165) is 12.8 Å². The first-order valence-electron chi connectivity index (χ1n) is 9.22. The molecule has 1 heterocycles. The maximum absolute atomic E-state index is 12.7. The average Bonchev–Trinajstić information content (AvgIpc) is 2.67. The summed E-state index contributed by atoms with van der Waals surface area (Å²) in [7, 11) is -3.84. The van der Waals surface area contributed by atoms with E-state index in [4.69, 9.17) is 9.47 Å². The van der Waals surface area contributed by atoms with Crippen molar-refractivity contribution >= 4 is 21.6 Å². The first-order chi connectivity index (χ1) is 13.4. The molecule has 0 saturated heterocycles. The van der Waals surface area contributed by atoms with Crippen molar-refractivity contribution in [1.29, 1.82) is 0 Å². The molecule has 0 radical (unpaired) electrons. The van der Waals surface area contributed by atoms with Crippen LogP contribution in [0.1, 0.15) is 37.0 Å². The molecule has 1 aliphatic heterocycles. The van der Waals surface area contributed by atoms with Crippen molar-refractivity contribution in [3.63, 3.8) is 0 Å². The number of carbonyl (C=O) groups excluding carboxylic acids is 1. The van der Waals surface area contributed by atoms with E-state index >= 15 is 0 Å². The van der Waals surface area contributed by atoms with Crippen LogP contribution in [0, 0.1) is 0 Å². The van der Waals surface area contributed by atoms with Gasteiger partial charge in [0.25, 0.3) is 15.9 Å². The van der Waals surface area contributed by atoms with Gasteiger partial charge in [0.1, 0.15) is 13.2 Å². The fraction of sp³-hybridized carbons (Fsp3) is 0.350. The molecule has 2 N–H and O–H groups in total. The summed E-state index contributed by atoms with van der Waals surface area (Å²) in [5.74, 6) is 0.679. The van der Waals surface area contributed by atoms with Crippen LogP contribution in [0.5, 0.6) is 11.5 Å². The molecule has 0 spiro atoms. The molecule has 1 amide bonds. The summed E-state index contributed by atoms with van der Waals surface area (Å²) in [6.07, 6.45) is 1.85. The Kier molecular flexibility index (Phi) is 6.08. The number of carbonyl (C=O) groups is 1. The zero-order valence-electron chi connectivity index (χ0n) is 15.9. The number of hydrogen-bond donors (Lipinski definition) is 2. The van der Waals surface area contributed by atoms with E-state index in [1.165, 1.54) is 18.2 Å². The van der Waals surface area contributed by atoms with Gasteiger partial charge in [0, 0.05) is 23.4 Å². The monoisotopic (exact) mass is 404 g/mol. The van der Waals surface area contributed by atoms with Crippen LogP contribution in [0.3, 0.4) is 0 Å². The number of nitrogens with one attached hydrogen (secondary N) is 2. The van der Waals surface area contributed by atoms with Gasteiger partial charge in [-0.25, -0.2) is 8.42 Å². The third kappa shape index (κ3) is 4.75. The Bertz CT molecular complexity index is 959. The smallest absolute Gasteiger partial charge is 0.262 e. The van der Waals surface area contributed by atoms with Gasteiger partial charge in [-0.15, -0.1) is 0 Å². The molecule has 1 unspecified atom stereocenters. The van der Waals surface area contributed by atoms with Crippen molar-refractivity contribution in [3.05, 3.63) is 48.0 Å². The molecule has 28 heavy (non-hydrogen) atoms. The van der Waals surface area contributed by atoms with E-state index in [-0.39, 0.29) is 16.8 Å². The second kappa shape index (κ2) is 8.52. The predicted molar refractivity (Wildman–Crippen MR) is 107 cm³/mol.